The summed E-state index contributed by atoms with van der Waals surface area (Å²) in [5.74, 6) is 0.505. The molecule has 25 heavy (non-hydrogen) atoms. The second kappa shape index (κ2) is 7.32. The lowest BCUT2D eigenvalue weighted by Gasteiger charge is -2.17. The molecule has 3 aromatic rings. The van der Waals surface area contributed by atoms with Gasteiger partial charge in [0.1, 0.15) is 17.8 Å². The van der Waals surface area contributed by atoms with Crippen molar-refractivity contribution in [3.05, 3.63) is 71.6 Å². The smallest absolute Gasteiger partial charge is 0.276 e. The number of nitrogens with zero attached hydrogens (tertiary/aromatic N) is 3. The van der Waals surface area contributed by atoms with Gasteiger partial charge in [0.2, 0.25) is 0 Å². The molecular formula is C19H16ClN3O2. The molecule has 0 N–H and O–H groups in total. The summed E-state index contributed by atoms with van der Waals surface area (Å²) >= 11 is 6.02. The molecule has 126 valence electrons. The minimum Gasteiger partial charge on any atom is -0.497 e. The molecule has 1 heterocycles. The van der Waals surface area contributed by atoms with E-state index in [1.165, 1.54) is 11.2 Å². The molecular weight excluding hydrogens is 338 g/mol. The summed E-state index contributed by atoms with van der Waals surface area (Å²) in [7, 11) is 3.30. The molecule has 1 amide bonds. The quantitative estimate of drug-likeness (QED) is 0.709. The van der Waals surface area contributed by atoms with Crippen molar-refractivity contribution in [3.63, 3.8) is 0 Å². The number of rotatable bonds is 4. The van der Waals surface area contributed by atoms with Gasteiger partial charge in [0.25, 0.3) is 5.91 Å². The van der Waals surface area contributed by atoms with E-state index >= 15 is 0 Å². The number of hydrogen-bond acceptors (Lipinski definition) is 4. The third kappa shape index (κ3) is 3.78. The van der Waals surface area contributed by atoms with E-state index < -0.39 is 0 Å². The minimum absolute atomic E-state index is 0.226. The molecule has 2 aromatic carbocycles. The van der Waals surface area contributed by atoms with E-state index in [1.54, 1.807) is 44.5 Å². The number of benzene rings is 2. The van der Waals surface area contributed by atoms with Crippen molar-refractivity contribution in [1.29, 1.82) is 0 Å². The number of ether oxygens (including phenoxy) is 1. The van der Waals surface area contributed by atoms with Crippen LogP contribution < -0.4 is 9.64 Å². The highest BCUT2D eigenvalue weighted by atomic mass is 35.5. The van der Waals surface area contributed by atoms with E-state index in [4.69, 9.17) is 16.3 Å². The first kappa shape index (κ1) is 16.9. The zero-order chi connectivity index (χ0) is 17.8. The van der Waals surface area contributed by atoms with Gasteiger partial charge in [0.15, 0.2) is 0 Å². The van der Waals surface area contributed by atoms with Crippen LogP contribution in [0.4, 0.5) is 5.69 Å². The van der Waals surface area contributed by atoms with Crippen molar-refractivity contribution in [1.82, 2.24) is 9.97 Å². The summed E-state index contributed by atoms with van der Waals surface area (Å²) < 4.78 is 5.13. The van der Waals surface area contributed by atoms with Crippen LogP contribution in [0.5, 0.6) is 5.75 Å². The fraction of sp³-hybridized carbons (Fsp3) is 0.105. The highest BCUT2D eigenvalue weighted by molar-refractivity contribution is 6.30. The summed E-state index contributed by atoms with van der Waals surface area (Å²) in [6, 6.07) is 16.2. The zero-order valence-corrected chi connectivity index (χ0v) is 14.6. The molecule has 0 bridgehead atoms. The first-order chi connectivity index (χ1) is 12.1. The number of carbonyl (C=O) groups is 1. The van der Waals surface area contributed by atoms with Gasteiger partial charge < -0.3 is 9.64 Å². The standard InChI is InChI=1S/C19H16ClN3O2/c1-23(15-6-8-16(25-2)9-7-15)19(24)18-11-17(21-12-22-18)13-4-3-5-14(20)10-13/h3-12H,1-2H3. The van der Waals surface area contributed by atoms with Gasteiger partial charge in [0, 0.05) is 23.3 Å². The SMILES string of the molecule is COc1ccc(N(C)C(=O)c2cc(-c3cccc(Cl)c3)ncn2)cc1. The molecule has 0 atom stereocenters. The molecule has 3 rings (SSSR count). The Bertz CT molecular complexity index is 897. The van der Waals surface area contributed by atoms with Gasteiger partial charge in [-0.1, -0.05) is 23.7 Å². The maximum Gasteiger partial charge on any atom is 0.276 e. The number of aromatic nitrogens is 2. The van der Waals surface area contributed by atoms with E-state index in [0.717, 1.165) is 17.0 Å². The van der Waals surface area contributed by atoms with Crippen LogP contribution >= 0.6 is 11.6 Å². The van der Waals surface area contributed by atoms with Crippen LogP contribution in [-0.2, 0) is 0 Å². The van der Waals surface area contributed by atoms with Crippen LogP contribution in [0.15, 0.2) is 60.9 Å². The van der Waals surface area contributed by atoms with E-state index in [1.807, 2.05) is 24.3 Å². The number of amides is 1. The number of carbonyl (C=O) groups excluding carboxylic acids is 1. The molecule has 0 radical (unpaired) electrons. The highest BCUT2D eigenvalue weighted by Crippen LogP contribution is 2.23. The van der Waals surface area contributed by atoms with Crippen LogP contribution in [0.1, 0.15) is 10.5 Å². The van der Waals surface area contributed by atoms with E-state index in [9.17, 15) is 4.79 Å². The Balaban J connectivity index is 1.87. The molecule has 0 saturated heterocycles. The molecule has 6 heteroatoms. The summed E-state index contributed by atoms with van der Waals surface area (Å²) in [5, 5.41) is 0.610. The van der Waals surface area contributed by atoms with E-state index in [-0.39, 0.29) is 5.91 Å². The third-order valence-electron chi connectivity index (χ3n) is 3.77. The Hall–Kier alpha value is -2.92. The predicted molar refractivity (Wildman–Crippen MR) is 98.2 cm³/mol. The predicted octanol–water partition coefficient (Wildman–Crippen LogP) is 4.08. The van der Waals surface area contributed by atoms with Crippen LogP contribution in [0.3, 0.4) is 0 Å². The largest absolute Gasteiger partial charge is 0.497 e. The Morgan fingerprint density at radius 1 is 1.08 bits per heavy atom. The highest BCUT2D eigenvalue weighted by Gasteiger charge is 2.16. The van der Waals surface area contributed by atoms with Gasteiger partial charge in [-0.3, -0.25) is 4.79 Å². The second-order valence-electron chi connectivity index (χ2n) is 5.36. The first-order valence-electron chi connectivity index (χ1n) is 7.58. The number of anilines is 1. The average Bonchev–Trinajstić information content (AvgIpc) is 2.67. The topological polar surface area (TPSA) is 55.3 Å². The maximum absolute atomic E-state index is 12.7. The second-order valence-corrected chi connectivity index (χ2v) is 5.80. The average molecular weight is 354 g/mol. The molecule has 0 aliphatic rings. The zero-order valence-electron chi connectivity index (χ0n) is 13.8. The van der Waals surface area contributed by atoms with Crippen molar-refractivity contribution in [2.75, 3.05) is 19.1 Å². The van der Waals surface area contributed by atoms with Crippen molar-refractivity contribution in [3.8, 4) is 17.0 Å². The molecule has 0 saturated carbocycles. The van der Waals surface area contributed by atoms with Gasteiger partial charge in [0.05, 0.1) is 12.8 Å². The number of hydrogen-bond donors (Lipinski definition) is 0. The van der Waals surface area contributed by atoms with Gasteiger partial charge in [-0.15, -0.1) is 0 Å². The summed E-state index contributed by atoms with van der Waals surface area (Å²) in [6.07, 6.45) is 1.38. The number of methoxy groups -OCH3 is 1. The Labute approximate surface area is 150 Å². The normalized spacial score (nSPS) is 10.4. The van der Waals surface area contributed by atoms with Crippen LogP contribution in [-0.4, -0.2) is 30.0 Å². The fourth-order valence-corrected chi connectivity index (χ4v) is 2.57. The first-order valence-corrected chi connectivity index (χ1v) is 7.96. The minimum atomic E-state index is -0.226. The van der Waals surface area contributed by atoms with Gasteiger partial charge in [-0.2, -0.15) is 0 Å². The van der Waals surface area contributed by atoms with Gasteiger partial charge in [-0.25, -0.2) is 9.97 Å². The number of halogens is 1. The lowest BCUT2D eigenvalue weighted by Crippen LogP contribution is -2.27. The summed E-state index contributed by atoms with van der Waals surface area (Å²) in [5.41, 5.74) is 2.53. The molecule has 0 fully saturated rings. The fourth-order valence-electron chi connectivity index (χ4n) is 2.37. The van der Waals surface area contributed by atoms with Crippen molar-refractivity contribution in [2.24, 2.45) is 0 Å². The van der Waals surface area contributed by atoms with Crippen LogP contribution in [0.25, 0.3) is 11.3 Å². The Morgan fingerprint density at radius 3 is 2.52 bits per heavy atom. The summed E-state index contributed by atoms with van der Waals surface area (Å²) in [6.45, 7) is 0. The third-order valence-corrected chi connectivity index (χ3v) is 4.01. The molecule has 0 aliphatic carbocycles. The van der Waals surface area contributed by atoms with Crippen LogP contribution in [0.2, 0.25) is 5.02 Å². The van der Waals surface area contributed by atoms with Crippen LogP contribution in [0, 0.1) is 0 Å². The van der Waals surface area contributed by atoms with E-state index in [2.05, 4.69) is 9.97 Å². The van der Waals surface area contributed by atoms with Gasteiger partial charge in [-0.05, 0) is 42.5 Å². The lowest BCUT2D eigenvalue weighted by atomic mass is 10.1. The molecule has 0 unspecified atom stereocenters. The molecule has 0 spiro atoms. The maximum atomic E-state index is 12.7. The molecule has 5 nitrogen and oxygen atoms in total. The molecule has 0 aliphatic heterocycles. The monoisotopic (exact) mass is 353 g/mol. The van der Waals surface area contributed by atoms with Crippen molar-refractivity contribution < 1.29 is 9.53 Å². The lowest BCUT2D eigenvalue weighted by molar-refractivity contribution is 0.0988. The summed E-state index contributed by atoms with van der Waals surface area (Å²) in [4.78, 5) is 22.6. The van der Waals surface area contributed by atoms with E-state index in [0.29, 0.717) is 16.4 Å². The molecule has 1 aromatic heterocycles. The van der Waals surface area contributed by atoms with Crippen molar-refractivity contribution in [2.45, 2.75) is 0 Å². The van der Waals surface area contributed by atoms with Crippen molar-refractivity contribution >= 4 is 23.2 Å². The Kier molecular flexibility index (Phi) is 4.95. The Morgan fingerprint density at radius 2 is 1.84 bits per heavy atom. The van der Waals surface area contributed by atoms with Gasteiger partial charge >= 0.3 is 0 Å².